The van der Waals surface area contributed by atoms with Crippen LogP contribution in [0, 0.1) is 11.6 Å². The predicted octanol–water partition coefficient (Wildman–Crippen LogP) is 2.39. The van der Waals surface area contributed by atoms with Crippen LogP contribution in [-0.2, 0) is 16.0 Å². The molecule has 2 rings (SSSR count). The molecule has 126 valence electrons. The van der Waals surface area contributed by atoms with Gasteiger partial charge in [0.2, 0.25) is 0 Å². The Labute approximate surface area is 138 Å². The van der Waals surface area contributed by atoms with E-state index < -0.39 is 23.4 Å². The van der Waals surface area contributed by atoms with E-state index in [2.05, 4.69) is 10.3 Å². The predicted molar refractivity (Wildman–Crippen MR) is 85.2 cm³/mol. The van der Waals surface area contributed by atoms with Crippen molar-refractivity contribution in [2.45, 2.75) is 13.3 Å². The standard InChI is InChI=1S/C17H17F2N3O2/c1-2-22(10-7-12-5-8-20-9-6-12)17(24)16(23)21-15-4-3-13(18)11-14(15)19/h3-6,8-9,11H,2,7,10H2,1H3,(H,21,23). The Morgan fingerprint density at radius 3 is 2.50 bits per heavy atom. The number of carbonyl (C=O) groups is 2. The van der Waals surface area contributed by atoms with Crippen molar-refractivity contribution in [3.05, 3.63) is 59.9 Å². The van der Waals surface area contributed by atoms with Gasteiger partial charge in [-0.1, -0.05) is 0 Å². The molecule has 0 saturated carbocycles. The van der Waals surface area contributed by atoms with Crippen LogP contribution in [0.5, 0.6) is 0 Å². The molecule has 1 aromatic heterocycles. The minimum Gasteiger partial charge on any atom is -0.334 e. The molecule has 1 N–H and O–H groups in total. The fraction of sp³-hybridized carbons (Fsp3) is 0.235. The zero-order valence-corrected chi connectivity index (χ0v) is 13.1. The molecule has 0 aliphatic rings. The van der Waals surface area contributed by atoms with E-state index in [0.29, 0.717) is 25.6 Å². The van der Waals surface area contributed by atoms with Crippen LogP contribution in [0.4, 0.5) is 14.5 Å². The summed E-state index contributed by atoms with van der Waals surface area (Å²) >= 11 is 0. The quantitative estimate of drug-likeness (QED) is 0.855. The number of anilines is 1. The van der Waals surface area contributed by atoms with E-state index >= 15 is 0 Å². The lowest BCUT2D eigenvalue weighted by molar-refractivity contribution is -0.143. The topological polar surface area (TPSA) is 62.3 Å². The highest BCUT2D eigenvalue weighted by Gasteiger charge is 2.21. The van der Waals surface area contributed by atoms with E-state index in [1.54, 1.807) is 19.3 Å². The highest BCUT2D eigenvalue weighted by atomic mass is 19.1. The normalized spacial score (nSPS) is 10.3. The van der Waals surface area contributed by atoms with Gasteiger partial charge in [-0.05, 0) is 43.2 Å². The lowest BCUT2D eigenvalue weighted by Gasteiger charge is -2.20. The summed E-state index contributed by atoms with van der Waals surface area (Å²) in [5.74, 6) is -3.42. The first-order valence-corrected chi connectivity index (χ1v) is 7.45. The van der Waals surface area contributed by atoms with Gasteiger partial charge in [0.1, 0.15) is 11.6 Å². The summed E-state index contributed by atoms with van der Waals surface area (Å²) in [7, 11) is 0. The van der Waals surface area contributed by atoms with Crippen LogP contribution in [0.3, 0.4) is 0 Å². The number of nitrogens with zero attached hydrogens (tertiary/aromatic N) is 2. The molecule has 0 unspecified atom stereocenters. The maximum Gasteiger partial charge on any atom is 0.313 e. The van der Waals surface area contributed by atoms with Gasteiger partial charge >= 0.3 is 11.8 Å². The molecule has 24 heavy (non-hydrogen) atoms. The molecule has 2 aromatic rings. The second-order valence-electron chi connectivity index (χ2n) is 5.07. The van der Waals surface area contributed by atoms with Crippen LogP contribution >= 0.6 is 0 Å². The first kappa shape index (κ1) is 17.5. The minimum atomic E-state index is -0.961. The Bertz CT molecular complexity index is 723. The molecule has 0 aliphatic heterocycles. The molecule has 0 atom stereocenters. The van der Waals surface area contributed by atoms with Crippen molar-refractivity contribution in [1.82, 2.24) is 9.88 Å². The maximum absolute atomic E-state index is 13.5. The van der Waals surface area contributed by atoms with Gasteiger partial charge in [-0.25, -0.2) is 8.78 Å². The SMILES string of the molecule is CCN(CCc1ccncc1)C(=O)C(=O)Nc1ccc(F)cc1F. The molecule has 5 nitrogen and oxygen atoms in total. The van der Waals surface area contributed by atoms with Gasteiger partial charge in [-0.15, -0.1) is 0 Å². The number of benzene rings is 1. The summed E-state index contributed by atoms with van der Waals surface area (Å²) in [6.45, 7) is 2.43. The summed E-state index contributed by atoms with van der Waals surface area (Å²) in [6.07, 6.45) is 3.87. The average molecular weight is 333 g/mol. The molecule has 0 saturated heterocycles. The highest BCUT2D eigenvalue weighted by molar-refractivity contribution is 6.39. The van der Waals surface area contributed by atoms with Gasteiger partial charge in [0.25, 0.3) is 0 Å². The molecule has 0 aliphatic carbocycles. The number of amides is 2. The zero-order chi connectivity index (χ0) is 17.5. The smallest absolute Gasteiger partial charge is 0.313 e. The molecule has 2 amide bonds. The fourth-order valence-electron chi connectivity index (χ4n) is 2.13. The van der Waals surface area contributed by atoms with Gasteiger partial charge in [-0.2, -0.15) is 0 Å². The lowest BCUT2D eigenvalue weighted by Crippen LogP contribution is -2.40. The van der Waals surface area contributed by atoms with Crippen molar-refractivity contribution in [2.24, 2.45) is 0 Å². The lowest BCUT2D eigenvalue weighted by atomic mass is 10.2. The third kappa shape index (κ3) is 4.58. The molecule has 0 fully saturated rings. The van der Waals surface area contributed by atoms with E-state index in [1.807, 2.05) is 12.1 Å². The fourth-order valence-corrected chi connectivity index (χ4v) is 2.13. The number of rotatable bonds is 5. The van der Waals surface area contributed by atoms with Crippen molar-refractivity contribution in [3.8, 4) is 0 Å². The molecule has 0 bridgehead atoms. The molecular formula is C17H17F2N3O2. The third-order valence-corrected chi connectivity index (χ3v) is 3.46. The molecule has 0 radical (unpaired) electrons. The number of hydrogen-bond donors (Lipinski definition) is 1. The van der Waals surface area contributed by atoms with Gasteiger partial charge < -0.3 is 10.2 Å². The zero-order valence-electron chi connectivity index (χ0n) is 13.1. The van der Waals surface area contributed by atoms with Crippen LogP contribution in [-0.4, -0.2) is 34.8 Å². The Hall–Kier alpha value is -2.83. The van der Waals surface area contributed by atoms with Crippen LogP contribution in [0.25, 0.3) is 0 Å². The Balaban J connectivity index is 1.98. The summed E-state index contributed by atoms with van der Waals surface area (Å²) in [6, 6.07) is 6.37. The Morgan fingerprint density at radius 1 is 1.17 bits per heavy atom. The number of nitrogens with one attached hydrogen (secondary N) is 1. The van der Waals surface area contributed by atoms with E-state index in [4.69, 9.17) is 0 Å². The molecule has 7 heteroatoms. The van der Waals surface area contributed by atoms with Crippen LogP contribution in [0.15, 0.2) is 42.7 Å². The number of carbonyl (C=O) groups excluding carboxylic acids is 2. The summed E-state index contributed by atoms with van der Waals surface area (Å²) < 4.78 is 26.4. The van der Waals surface area contributed by atoms with Crippen molar-refractivity contribution in [2.75, 3.05) is 18.4 Å². The summed E-state index contributed by atoms with van der Waals surface area (Å²) in [5, 5.41) is 2.17. The first-order valence-electron chi connectivity index (χ1n) is 7.45. The summed E-state index contributed by atoms with van der Waals surface area (Å²) in [5.41, 5.74) is 0.751. The van der Waals surface area contributed by atoms with Gasteiger partial charge in [0.15, 0.2) is 0 Å². The van der Waals surface area contributed by atoms with Gasteiger partial charge in [0.05, 0.1) is 5.69 Å². The van der Waals surface area contributed by atoms with Crippen molar-refractivity contribution in [1.29, 1.82) is 0 Å². The Kier molecular flexibility index (Phi) is 5.95. The first-order chi connectivity index (χ1) is 11.5. The molecular weight excluding hydrogens is 316 g/mol. The highest BCUT2D eigenvalue weighted by Crippen LogP contribution is 2.15. The van der Waals surface area contributed by atoms with E-state index in [1.165, 1.54) is 4.90 Å². The van der Waals surface area contributed by atoms with E-state index in [9.17, 15) is 18.4 Å². The van der Waals surface area contributed by atoms with Gasteiger partial charge in [0, 0.05) is 31.5 Å². The van der Waals surface area contributed by atoms with Crippen molar-refractivity contribution < 1.29 is 18.4 Å². The maximum atomic E-state index is 13.5. The largest absolute Gasteiger partial charge is 0.334 e. The third-order valence-electron chi connectivity index (χ3n) is 3.46. The van der Waals surface area contributed by atoms with E-state index in [0.717, 1.165) is 17.7 Å². The number of halogens is 2. The number of pyridine rings is 1. The second-order valence-corrected chi connectivity index (χ2v) is 5.07. The Morgan fingerprint density at radius 2 is 1.88 bits per heavy atom. The summed E-state index contributed by atoms with van der Waals surface area (Å²) in [4.78, 5) is 29.4. The number of aromatic nitrogens is 1. The van der Waals surface area contributed by atoms with Crippen molar-refractivity contribution >= 4 is 17.5 Å². The molecule has 1 heterocycles. The second kappa shape index (κ2) is 8.14. The van der Waals surface area contributed by atoms with Gasteiger partial charge in [-0.3, -0.25) is 14.6 Å². The van der Waals surface area contributed by atoms with Crippen molar-refractivity contribution in [3.63, 3.8) is 0 Å². The van der Waals surface area contributed by atoms with Crippen LogP contribution in [0.1, 0.15) is 12.5 Å². The number of hydrogen-bond acceptors (Lipinski definition) is 3. The number of likely N-dealkylation sites (N-methyl/N-ethyl adjacent to an activating group) is 1. The minimum absolute atomic E-state index is 0.236. The monoisotopic (exact) mass is 333 g/mol. The molecule has 0 spiro atoms. The van der Waals surface area contributed by atoms with Crippen LogP contribution in [0.2, 0.25) is 0 Å². The van der Waals surface area contributed by atoms with E-state index in [-0.39, 0.29) is 5.69 Å². The average Bonchev–Trinajstić information content (AvgIpc) is 2.58. The molecule has 1 aromatic carbocycles. The van der Waals surface area contributed by atoms with Crippen LogP contribution < -0.4 is 5.32 Å².